The Labute approximate surface area is 112 Å². The predicted molar refractivity (Wildman–Crippen MR) is 76.0 cm³/mol. The van der Waals surface area contributed by atoms with E-state index in [0.29, 0.717) is 6.42 Å². The third kappa shape index (κ3) is 3.05. The summed E-state index contributed by atoms with van der Waals surface area (Å²) in [6, 6.07) is 6.41. The van der Waals surface area contributed by atoms with Crippen LogP contribution in [0.5, 0.6) is 0 Å². The summed E-state index contributed by atoms with van der Waals surface area (Å²) in [4.78, 5) is 15.6. The molecular formula is C15H17NOS. The molecule has 0 radical (unpaired) electrons. The van der Waals surface area contributed by atoms with Crippen molar-refractivity contribution in [3.05, 3.63) is 40.4 Å². The largest absolute Gasteiger partial charge is 0.300 e. The van der Waals surface area contributed by atoms with Gasteiger partial charge in [0.15, 0.2) is 0 Å². The summed E-state index contributed by atoms with van der Waals surface area (Å²) >= 11 is 1.65. The Hall–Kier alpha value is -1.48. The fraction of sp³-hybridized carbons (Fsp3) is 0.333. The Morgan fingerprint density at radius 1 is 1.33 bits per heavy atom. The van der Waals surface area contributed by atoms with Crippen molar-refractivity contribution in [2.24, 2.45) is 0 Å². The van der Waals surface area contributed by atoms with Gasteiger partial charge in [0.1, 0.15) is 10.8 Å². The Bertz CT molecular complexity index is 572. The maximum Gasteiger partial charge on any atom is 0.130 e. The number of thiazole rings is 1. The van der Waals surface area contributed by atoms with Crippen LogP contribution < -0.4 is 0 Å². The van der Waals surface area contributed by atoms with Crippen molar-refractivity contribution in [2.75, 3.05) is 0 Å². The van der Waals surface area contributed by atoms with Crippen LogP contribution in [0.1, 0.15) is 30.2 Å². The summed E-state index contributed by atoms with van der Waals surface area (Å²) in [5.41, 5.74) is 4.73. The van der Waals surface area contributed by atoms with Crippen LogP contribution in [0.25, 0.3) is 10.6 Å². The van der Waals surface area contributed by atoms with Crippen LogP contribution in [-0.2, 0) is 11.2 Å². The number of Topliss-reactive ketones (excluding diaryl/α,β-unsaturated/α-hetero) is 1. The zero-order chi connectivity index (χ0) is 13.1. The fourth-order valence-corrected chi connectivity index (χ4v) is 2.85. The van der Waals surface area contributed by atoms with Crippen LogP contribution in [0.2, 0.25) is 0 Å². The normalized spacial score (nSPS) is 10.6. The molecule has 0 spiro atoms. The number of carbonyl (C=O) groups excluding carboxylic acids is 1. The standard InChI is InChI=1S/C15H17NOS/c1-10-4-7-14(11(2)8-10)15-16-13(9-18-15)6-5-12(3)17/h4,7-9H,5-6H2,1-3H3. The molecule has 18 heavy (non-hydrogen) atoms. The lowest BCUT2D eigenvalue weighted by molar-refractivity contribution is -0.116. The van der Waals surface area contributed by atoms with Gasteiger partial charge < -0.3 is 4.79 Å². The Morgan fingerprint density at radius 3 is 2.78 bits per heavy atom. The minimum Gasteiger partial charge on any atom is -0.300 e. The van der Waals surface area contributed by atoms with Crippen LogP contribution in [0, 0.1) is 13.8 Å². The second-order valence-corrected chi connectivity index (χ2v) is 5.52. The van der Waals surface area contributed by atoms with Crippen molar-refractivity contribution in [2.45, 2.75) is 33.6 Å². The van der Waals surface area contributed by atoms with Crippen molar-refractivity contribution in [3.63, 3.8) is 0 Å². The third-order valence-electron chi connectivity index (χ3n) is 2.90. The lowest BCUT2D eigenvalue weighted by atomic mass is 10.1. The Kier molecular flexibility index (Phi) is 3.92. The van der Waals surface area contributed by atoms with Gasteiger partial charge in [0, 0.05) is 17.4 Å². The first kappa shape index (κ1) is 13.0. The molecule has 0 atom stereocenters. The minimum atomic E-state index is 0.219. The van der Waals surface area contributed by atoms with Gasteiger partial charge in [-0.25, -0.2) is 4.98 Å². The number of hydrogen-bond acceptors (Lipinski definition) is 3. The lowest BCUT2D eigenvalue weighted by Crippen LogP contribution is -1.94. The van der Waals surface area contributed by atoms with E-state index in [1.165, 1.54) is 16.7 Å². The van der Waals surface area contributed by atoms with Gasteiger partial charge in [-0.1, -0.05) is 23.8 Å². The zero-order valence-electron chi connectivity index (χ0n) is 11.0. The summed E-state index contributed by atoms with van der Waals surface area (Å²) in [6.07, 6.45) is 1.33. The highest BCUT2D eigenvalue weighted by atomic mass is 32.1. The molecule has 0 fully saturated rings. The molecule has 0 N–H and O–H groups in total. The summed E-state index contributed by atoms with van der Waals surface area (Å²) in [6.45, 7) is 5.83. The number of carbonyl (C=O) groups is 1. The molecule has 0 aliphatic rings. The first-order valence-corrected chi connectivity index (χ1v) is 6.95. The molecule has 1 aromatic heterocycles. The number of aryl methyl sites for hydroxylation is 3. The van der Waals surface area contributed by atoms with Gasteiger partial charge in [-0.05, 0) is 32.8 Å². The molecule has 2 nitrogen and oxygen atoms in total. The van der Waals surface area contributed by atoms with E-state index >= 15 is 0 Å². The average molecular weight is 259 g/mol. The molecule has 0 bridgehead atoms. The fourth-order valence-electron chi connectivity index (χ4n) is 1.90. The van der Waals surface area contributed by atoms with E-state index < -0.39 is 0 Å². The highest BCUT2D eigenvalue weighted by molar-refractivity contribution is 7.13. The van der Waals surface area contributed by atoms with Crippen molar-refractivity contribution < 1.29 is 4.79 Å². The van der Waals surface area contributed by atoms with E-state index in [2.05, 4.69) is 42.4 Å². The van der Waals surface area contributed by atoms with Crippen LogP contribution >= 0.6 is 11.3 Å². The van der Waals surface area contributed by atoms with Crippen LogP contribution in [0.4, 0.5) is 0 Å². The van der Waals surface area contributed by atoms with E-state index in [-0.39, 0.29) is 5.78 Å². The molecule has 1 aromatic carbocycles. The second-order valence-electron chi connectivity index (χ2n) is 4.66. The first-order valence-electron chi connectivity index (χ1n) is 6.07. The van der Waals surface area contributed by atoms with Crippen molar-refractivity contribution in [1.82, 2.24) is 4.98 Å². The molecule has 0 amide bonds. The molecular weight excluding hydrogens is 242 g/mol. The summed E-state index contributed by atoms with van der Waals surface area (Å²) in [5, 5.41) is 3.10. The van der Waals surface area contributed by atoms with E-state index in [1.54, 1.807) is 18.3 Å². The zero-order valence-corrected chi connectivity index (χ0v) is 11.8. The number of rotatable bonds is 4. The average Bonchev–Trinajstić information content (AvgIpc) is 2.75. The topological polar surface area (TPSA) is 30.0 Å². The minimum absolute atomic E-state index is 0.219. The summed E-state index contributed by atoms with van der Waals surface area (Å²) in [7, 11) is 0. The van der Waals surface area contributed by atoms with Crippen molar-refractivity contribution >= 4 is 17.1 Å². The highest BCUT2D eigenvalue weighted by Gasteiger charge is 2.08. The number of ketones is 1. The smallest absolute Gasteiger partial charge is 0.130 e. The Morgan fingerprint density at radius 2 is 2.11 bits per heavy atom. The SMILES string of the molecule is CC(=O)CCc1csc(-c2ccc(C)cc2C)n1. The van der Waals surface area contributed by atoms with E-state index in [1.807, 2.05) is 0 Å². The van der Waals surface area contributed by atoms with E-state index in [4.69, 9.17) is 0 Å². The van der Waals surface area contributed by atoms with Crippen molar-refractivity contribution in [1.29, 1.82) is 0 Å². The van der Waals surface area contributed by atoms with Gasteiger partial charge in [0.05, 0.1) is 5.69 Å². The third-order valence-corrected chi connectivity index (χ3v) is 3.82. The van der Waals surface area contributed by atoms with Gasteiger partial charge >= 0.3 is 0 Å². The molecule has 1 heterocycles. The maximum atomic E-state index is 11.0. The second kappa shape index (κ2) is 5.44. The van der Waals surface area contributed by atoms with Gasteiger partial charge in [-0.15, -0.1) is 11.3 Å². The van der Waals surface area contributed by atoms with Gasteiger partial charge in [0.2, 0.25) is 0 Å². The van der Waals surface area contributed by atoms with Gasteiger partial charge in [0.25, 0.3) is 0 Å². The van der Waals surface area contributed by atoms with Gasteiger partial charge in [-0.2, -0.15) is 0 Å². The molecule has 2 aromatic rings. The molecule has 0 saturated carbocycles. The molecule has 0 aliphatic heterocycles. The number of benzene rings is 1. The number of nitrogens with zero attached hydrogens (tertiary/aromatic N) is 1. The highest BCUT2D eigenvalue weighted by Crippen LogP contribution is 2.27. The predicted octanol–water partition coefficient (Wildman–Crippen LogP) is 3.95. The maximum absolute atomic E-state index is 11.0. The first-order chi connectivity index (χ1) is 8.56. The van der Waals surface area contributed by atoms with E-state index in [9.17, 15) is 4.79 Å². The number of aromatic nitrogens is 1. The van der Waals surface area contributed by atoms with Crippen LogP contribution in [-0.4, -0.2) is 10.8 Å². The summed E-state index contributed by atoms with van der Waals surface area (Å²) < 4.78 is 0. The molecule has 94 valence electrons. The molecule has 0 unspecified atom stereocenters. The molecule has 3 heteroatoms. The summed E-state index contributed by atoms with van der Waals surface area (Å²) in [5.74, 6) is 0.219. The van der Waals surface area contributed by atoms with Crippen LogP contribution in [0.15, 0.2) is 23.6 Å². The quantitative estimate of drug-likeness (QED) is 0.832. The monoisotopic (exact) mass is 259 g/mol. The molecule has 0 saturated heterocycles. The molecule has 2 rings (SSSR count). The van der Waals surface area contributed by atoms with E-state index in [0.717, 1.165) is 17.1 Å². The van der Waals surface area contributed by atoms with Gasteiger partial charge in [-0.3, -0.25) is 0 Å². The number of hydrogen-bond donors (Lipinski definition) is 0. The molecule has 0 aliphatic carbocycles. The van der Waals surface area contributed by atoms with Crippen LogP contribution in [0.3, 0.4) is 0 Å². The lowest BCUT2D eigenvalue weighted by Gasteiger charge is -2.03. The van der Waals surface area contributed by atoms with Crippen molar-refractivity contribution in [3.8, 4) is 10.6 Å². The Balaban J connectivity index is 2.21.